The Bertz CT molecular complexity index is 274. The third-order valence-electron chi connectivity index (χ3n) is 2.46. The van der Waals surface area contributed by atoms with Crippen molar-refractivity contribution in [3.8, 4) is 6.07 Å². The summed E-state index contributed by atoms with van der Waals surface area (Å²) in [6.45, 7) is 0. The zero-order valence-corrected chi connectivity index (χ0v) is 8.38. The first-order chi connectivity index (χ1) is 5.47. The molecule has 12 heavy (non-hydrogen) atoms. The summed E-state index contributed by atoms with van der Waals surface area (Å²) < 4.78 is 4.01. The topological polar surface area (TPSA) is 36.3 Å². The van der Waals surface area contributed by atoms with Crippen LogP contribution in [-0.2, 0) is 4.74 Å². The number of nitrogens with zero attached hydrogens (tertiary/aromatic N) is 1. The number of rotatable bonds is 0. The number of halogens is 3. The highest BCUT2D eigenvalue weighted by Crippen LogP contribution is 2.67. The van der Waals surface area contributed by atoms with E-state index in [1.54, 1.807) is 0 Å². The minimum atomic E-state index is -1.18. The van der Waals surface area contributed by atoms with Crippen LogP contribution < -0.4 is 0 Å². The number of epoxide rings is 1. The zero-order valence-electron chi connectivity index (χ0n) is 6.11. The van der Waals surface area contributed by atoms with Crippen molar-refractivity contribution >= 4 is 34.8 Å². The highest BCUT2D eigenvalue weighted by Gasteiger charge is 2.81. The molecule has 0 spiro atoms. The fourth-order valence-corrected chi connectivity index (χ4v) is 2.98. The van der Waals surface area contributed by atoms with Crippen LogP contribution in [0.15, 0.2) is 0 Å². The van der Waals surface area contributed by atoms with E-state index in [2.05, 4.69) is 0 Å². The molecule has 0 N–H and O–H groups in total. The summed E-state index contributed by atoms with van der Waals surface area (Å²) in [6.07, 6.45) is 1.99. The van der Waals surface area contributed by atoms with E-state index in [4.69, 9.17) is 44.8 Å². The quantitative estimate of drug-likeness (QED) is 0.470. The maximum absolute atomic E-state index is 8.86. The summed E-state index contributed by atoms with van der Waals surface area (Å²) in [7, 11) is 0. The molecule has 0 bridgehead atoms. The Balaban J connectivity index is 2.38. The molecule has 0 aromatic rings. The molecular weight excluding hydrogens is 220 g/mol. The molecule has 1 aliphatic carbocycles. The van der Waals surface area contributed by atoms with E-state index < -0.39 is 15.0 Å². The van der Waals surface area contributed by atoms with Crippen LogP contribution in [0.4, 0.5) is 0 Å². The predicted molar refractivity (Wildman–Crippen MR) is 46.3 cm³/mol. The van der Waals surface area contributed by atoms with Crippen LogP contribution >= 0.6 is 34.8 Å². The molecule has 66 valence electrons. The molecule has 2 fully saturated rings. The Morgan fingerprint density at radius 2 is 1.92 bits per heavy atom. The van der Waals surface area contributed by atoms with Crippen molar-refractivity contribution in [3.63, 3.8) is 0 Å². The van der Waals surface area contributed by atoms with Crippen LogP contribution in [0, 0.1) is 11.3 Å². The molecule has 2 atom stereocenters. The molecule has 2 rings (SSSR count). The Hall–Kier alpha value is 0.320. The van der Waals surface area contributed by atoms with E-state index in [1.807, 2.05) is 6.07 Å². The van der Waals surface area contributed by atoms with Gasteiger partial charge in [0.15, 0.2) is 9.39 Å². The Kier molecular flexibility index (Phi) is 1.64. The largest absolute Gasteiger partial charge is 0.327 e. The smallest absolute Gasteiger partial charge is 0.231 e. The number of hydrogen-bond donors (Lipinski definition) is 0. The first-order valence-electron chi connectivity index (χ1n) is 3.66. The van der Waals surface area contributed by atoms with Crippen molar-refractivity contribution in [3.05, 3.63) is 0 Å². The predicted octanol–water partition coefficient (Wildman–Crippen LogP) is 2.57. The van der Waals surface area contributed by atoms with Gasteiger partial charge in [0.2, 0.25) is 5.60 Å². The van der Waals surface area contributed by atoms with Crippen molar-refractivity contribution < 1.29 is 4.74 Å². The summed E-state index contributed by atoms with van der Waals surface area (Å²) in [5, 5.41) is 7.94. The Morgan fingerprint density at radius 3 is 2.33 bits per heavy atom. The van der Waals surface area contributed by atoms with Crippen molar-refractivity contribution in [2.75, 3.05) is 0 Å². The van der Waals surface area contributed by atoms with Crippen LogP contribution in [0.5, 0.6) is 0 Å². The Labute approximate surface area is 85.3 Å². The van der Waals surface area contributed by atoms with Gasteiger partial charge in [0.1, 0.15) is 6.07 Å². The first kappa shape index (κ1) is 8.90. The number of alkyl halides is 3. The molecule has 0 aromatic carbocycles. The van der Waals surface area contributed by atoms with Crippen LogP contribution in [0.3, 0.4) is 0 Å². The minimum absolute atomic E-state index is 0.554. The van der Waals surface area contributed by atoms with Crippen molar-refractivity contribution in [1.82, 2.24) is 0 Å². The monoisotopic (exact) mass is 225 g/mol. The van der Waals surface area contributed by atoms with Gasteiger partial charge >= 0.3 is 0 Å². The summed E-state index contributed by atoms with van der Waals surface area (Å²) in [6, 6.07) is 1.97. The number of ether oxygens (including phenoxy) is 1. The van der Waals surface area contributed by atoms with E-state index in [0.29, 0.717) is 12.8 Å². The molecular formula is C7H6Cl3NO. The lowest BCUT2D eigenvalue weighted by atomic mass is 9.88. The van der Waals surface area contributed by atoms with Gasteiger partial charge in [-0.1, -0.05) is 34.8 Å². The minimum Gasteiger partial charge on any atom is -0.327 e. The van der Waals surface area contributed by atoms with Gasteiger partial charge in [-0.3, -0.25) is 0 Å². The summed E-state index contributed by atoms with van der Waals surface area (Å²) in [5.74, 6) is 0. The van der Waals surface area contributed by atoms with E-state index in [0.717, 1.165) is 6.42 Å². The third kappa shape index (κ3) is 0.807. The van der Waals surface area contributed by atoms with Gasteiger partial charge in [-0.05, 0) is 19.3 Å². The standard InChI is InChI=1S/C7H6Cl3NO/c8-6(9)2-1-3-7(10)5(6,4-11)12-7/h1-3H2/t5-,7+/m0/s1. The third-order valence-corrected chi connectivity index (χ3v) is 3.90. The maximum atomic E-state index is 8.86. The van der Waals surface area contributed by atoms with E-state index >= 15 is 0 Å². The van der Waals surface area contributed by atoms with Crippen molar-refractivity contribution in [2.24, 2.45) is 0 Å². The number of hydrogen-bond acceptors (Lipinski definition) is 2. The van der Waals surface area contributed by atoms with Gasteiger partial charge in [-0.15, -0.1) is 0 Å². The van der Waals surface area contributed by atoms with Crippen molar-refractivity contribution in [2.45, 2.75) is 34.3 Å². The van der Waals surface area contributed by atoms with E-state index in [-0.39, 0.29) is 0 Å². The lowest BCUT2D eigenvalue weighted by molar-refractivity contribution is 0.316. The second-order valence-electron chi connectivity index (χ2n) is 3.18. The molecule has 5 heteroatoms. The second-order valence-corrected chi connectivity index (χ2v) is 5.28. The van der Waals surface area contributed by atoms with Crippen LogP contribution in [0.2, 0.25) is 0 Å². The Morgan fingerprint density at radius 1 is 1.25 bits per heavy atom. The molecule has 0 aromatic heterocycles. The second kappa shape index (κ2) is 2.22. The highest BCUT2D eigenvalue weighted by atomic mass is 35.5. The zero-order chi connectivity index (χ0) is 9.04. The average Bonchev–Trinajstić information content (AvgIpc) is 2.58. The molecule has 2 aliphatic rings. The summed E-state index contributed by atoms with van der Waals surface area (Å²) in [5.41, 5.74) is -1.18. The lowest BCUT2D eigenvalue weighted by Gasteiger charge is -2.27. The summed E-state index contributed by atoms with van der Waals surface area (Å²) in [4.78, 5) is 0. The van der Waals surface area contributed by atoms with Gasteiger partial charge in [0.05, 0.1) is 0 Å². The lowest BCUT2D eigenvalue weighted by Crippen LogP contribution is -2.42. The molecule has 1 saturated carbocycles. The molecule has 1 aliphatic heterocycles. The molecule has 0 radical (unpaired) electrons. The van der Waals surface area contributed by atoms with Gasteiger partial charge in [0, 0.05) is 0 Å². The average molecular weight is 226 g/mol. The molecule has 1 saturated heterocycles. The van der Waals surface area contributed by atoms with Gasteiger partial charge in [-0.25, -0.2) is 0 Å². The van der Waals surface area contributed by atoms with Crippen molar-refractivity contribution in [1.29, 1.82) is 5.26 Å². The van der Waals surface area contributed by atoms with Gasteiger partial charge in [0.25, 0.3) is 0 Å². The fourth-order valence-electron chi connectivity index (χ4n) is 1.69. The van der Waals surface area contributed by atoms with Gasteiger partial charge in [-0.2, -0.15) is 5.26 Å². The summed E-state index contributed by atoms with van der Waals surface area (Å²) >= 11 is 17.9. The molecule has 1 heterocycles. The SMILES string of the molecule is N#C[C@@]12O[C@]1(Cl)CCCC2(Cl)Cl. The highest BCUT2D eigenvalue weighted by molar-refractivity contribution is 6.51. The van der Waals surface area contributed by atoms with Crippen LogP contribution in [-0.4, -0.2) is 15.0 Å². The number of fused-ring (bicyclic) bond motifs is 1. The normalized spacial score (nSPS) is 49.2. The fraction of sp³-hybridized carbons (Fsp3) is 0.857. The molecule has 0 unspecified atom stereocenters. The molecule has 0 amide bonds. The van der Waals surface area contributed by atoms with E-state index in [9.17, 15) is 0 Å². The van der Waals surface area contributed by atoms with E-state index in [1.165, 1.54) is 0 Å². The number of nitriles is 1. The van der Waals surface area contributed by atoms with Crippen LogP contribution in [0.1, 0.15) is 19.3 Å². The molecule has 2 nitrogen and oxygen atoms in total. The van der Waals surface area contributed by atoms with Gasteiger partial charge < -0.3 is 4.74 Å². The first-order valence-corrected chi connectivity index (χ1v) is 4.79. The maximum Gasteiger partial charge on any atom is 0.231 e. The van der Waals surface area contributed by atoms with Crippen LogP contribution in [0.25, 0.3) is 0 Å².